The number of likely N-dealkylation sites (tertiary alicyclic amines) is 1. The Balaban J connectivity index is 1.41. The van der Waals surface area contributed by atoms with E-state index in [-0.39, 0.29) is 25.0 Å². The molecule has 0 unspecified atom stereocenters. The third-order valence-corrected chi connectivity index (χ3v) is 7.70. The number of carbonyl (C=O) groups excluding carboxylic acids is 1. The zero-order chi connectivity index (χ0) is 21.8. The average molecular weight is 445 g/mol. The van der Waals surface area contributed by atoms with Crippen LogP contribution < -0.4 is 13.8 Å². The maximum Gasteiger partial charge on any atom is 0.243 e. The van der Waals surface area contributed by atoms with Crippen LogP contribution in [0.2, 0.25) is 0 Å². The Bertz CT molecular complexity index is 1020. The van der Waals surface area contributed by atoms with Crippen molar-refractivity contribution in [3.8, 4) is 11.5 Å². The molecule has 31 heavy (non-hydrogen) atoms. The number of rotatable bonds is 7. The van der Waals surface area contributed by atoms with Crippen molar-refractivity contribution in [2.45, 2.75) is 26.2 Å². The molecule has 166 valence electrons. The highest BCUT2D eigenvalue weighted by Crippen LogP contribution is 2.36. The molecule has 2 heterocycles. The van der Waals surface area contributed by atoms with E-state index in [9.17, 15) is 13.2 Å². The first-order valence-corrected chi connectivity index (χ1v) is 12.3. The molecule has 8 heteroatoms. The van der Waals surface area contributed by atoms with Crippen LogP contribution in [0.1, 0.15) is 25.3 Å². The van der Waals surface area contributed by atoms with Gasteiger partial charge < -0.3 is 14.4 Å². The van der Waals surface area contributed by atoms with E-state index in [0.717, 1.165) is 19.3 Å². The monoisotopic (exact) mass is 444 g/mol. The van der Waals surface area contributed by atoms with Gasteiger partial charge in [-0.3, -0.25) is 9.10 Å². The highest BCUT2D eigenvalue weighted by atomic mass is 32.2. The van der Waals surface area contributed by atoms with Crippen molar-refractivity contribution in [3.63, 3.8) is 0 Å². The molecule has 0 spiro atoms. The first-order valence-electron chi connectivity index (χ1n) is 10.7. The van der Waals surface area contributed by atoms with Crippen LogP contribution in [-0.2, 0) is 21.2 Å². The molecule has 0 N–H and O–H groups in total. The number of hydrogen-bond acceptors (Lipinski definition) is 5. The standard InChI is InChI=1S/C23H28N2O5S/c1-2-31(27,28)25(20-8-9-21-22(15-20)30-17-29-21)16-23(26)24-12-10-19(11-13-24)14-18-6-4-3-5-7-18/h3-9,15,19H,2,10-14,16-17H2,1H3. The molecule has 2 aliphatic heterocycles. The zero-order valence-corrected chi connectivity index (χ0v) is 18.5. The zero-order valence-electron chi connectivity index (χ0n) is 17.7. The Labute approximate surface area is 183 Å². The molecule has 0 atom stereocenters. The first-order chi connectivity index (χ1) is 15.0. The predicted octanol–water partition coefficient (Wildman–Crippen LogP) is 3.05. The van der Waals surface area contributed by atoms with E-state index in [0.29, 0.717) is 36.2 Å². The Morgan fingerprint density at radius 2 is 1.77 bits per heavy atom. The summed E-state index contributed by atoms with van der Waals surface area (Å²) in [5.74, 6) is 1.34. The molecule has 0 aromatic heterocycles. The summed E-state index contributed by atoms with van der Waals surface area (Å²) >= 11 is 0. The highest BCUT2D eigenvalue weighted by molar-refractivity contribution is 7.92. The lowest BCUT2D eigenvalue weighted by atomic mass is 9.90. The third-order valence-electron chi connectivity index (χ3n) is 5.96. The van der Waals surface area contributed by atoms with Gasteiger partial charge in [0.2, 0.25) is 22.7 Å². The van der Waals surface area contributed by atoms with Gasteiger partial charge in [-0.15, -0.1) is 0 Å². The number of amides is 1. The van der Waals surface area contributed by atoms with Gasteiger partial charge >= 0.3 is 0 Å². The van der Waals surface area contributed by atoms with Crippen molar-refractivity contribution in [1.29, 1.82) is 0 Å². The maximum atomic E-state index is 13.0. The van der Waals surface area contributed by atoms with Gasteiger partial charge in [0.15, 0.2) is 11.5 Å². The molecule has 1 amide bonds. The van der Waals surface area contributed by atoms with Crippen LogP contribution in [0.3, 0.4) is 0 Å². The van der Waals surface area contributed by atoms with E-state index in [2.05, 4.69) is 12.1 Å². The molecule has 2 aromatic rings. The van der Waals surface area contributed by atoms with Crippen LogP contribution in [0.4, 0.5) is 5.69 Å². The number of anilines is 1. The first kappa shape index (κ1) is 21.5. The summed E-state index contributed by atoms with van der Waals surface area (Å²) in [6, 6.07) is 15.3. The summed E-state index contributed by atoms with van der Waals surface area (Å²) in [5.41, 5.74) is 1.73. The fourth-order valence-electron chi connectivity index (χ4n) is 4.10. The van der Waals surface area contributed by atoms with Crippen molar-refractivity contribution < 1.29 is 22.7 Å². The second-order valence-corrected chi connectivity index (χ2v) is 10.1. The van der Waals surface area contributed by atoms with Gasteiger partial charge in [0.05, 0.1) is 11.4 Å². The molecule has 7 nitrogen and oxygen atoms in total. The number of ether oxygens (including phenoxy) is 2. The second-order valence-electron chi connectivity index (χ2n) is 7.96. The van der Waals surface area contributed by atoms with E-state index in [1.54, 1.807) is 30.0 Å². The average Bonchev–Trinajstić information content (AvgIpc) is 3.26. The van der Waals surface area contributed by atoms with Crippen molar-refractivity contribution >= 4 is 21.6 Å². The molecule has 0 bridgehead atoms. The topological polar surface area (TPSA) is 76.2 Å². The summed E-state index contributed by atoms with van der Waals surface area (Å²) in [7, 11) is -3.63. The number of piperidine rings is 1. The minimum absolute atomic E-state index is 0.0894. The summed E-state index contributed by atoms with van der Waals surface area (Å²) < 4.78 is 37.4. The van der Waals surface area contributed by atoms with Gasteiger partial charge in [-0.2, -0.15) is 0 Å². The molecular weight excluding hydrogens is 416 g/mol. The SMILES string of the molecule is CCS(=O)(=O)N(CC(=O)N1CCC(Cc2ccccc2)CC1)c1ccc2c(c1)OCO2. The van der Waals surface area contributed by atoms with Crippen molar-refractivity contribution in [1.82, 2.24) is 4.90 Å². The van der Waals surface area contributed by atoms with Crippen LogP contribution in [0.15, 0.2) is 48.5 Å². The Morgan fingerprint density at radius 1 is 1.06 bits per heavy atom. The lowest BCUT2D eigenvalue weighted by molar-refractivity contribution is -0.130. The van der Waals surface area contributed by atoms with Crippen molar-refractivity contribution in [3.05, 3.63) is 54.1 Å². The third kappa shape index (κ3) is 4.95. The van der Waals surface area contributed by atoms with E-state index in [1.165, 1.54) is 9.87 Å². The van der Waals surface area contributed by atoms with E-state index >= 15 is 0 Å². The summed E-state index contributed by atoms with van der Waals surface area (Å²) in [6.45, 7) is 2.78. The van der Waals surface area contributed by atoms with Crippen LogP contribution in [0.25, 0.3) is 0 Å². The van der Waals surface area contributed by atoms with Crippen molar-refractivity contribution in [2.75, 3.05) is 36.5 Å². The molecule has 0 aliphatic carbocycles. The minimum atomic E-state index is -3.63. The number of nitrogens with zero attached hydrogens (tertiary/aromatic N) is 2. The number of benzene rings is 2. The lowest BCUT2D eigenvalue weighted by Gasteiger charge is -2.34. The molecule has 2 aliphatic rings. The number of fused-ring (bicyclic) bond motifs is 1. The predicted molar refractivity (Wildman–Crippen MR) is 119 cm³/mol. The molecule has 2 aromatic carbocycles. The number of hydrogen-bond donors (Lipinski definition) is 0. The fourth-order valence-corrected chi connectivity index (χ4v) is 5.16. The molecule has 1 fully saturated rings. The van der Waals surface area contributed by atoms with Gasteiger partial charge in [-0.1, -0.05) is 30.3 Å². The van der Waals surface area contributed by atoms with Crippen LogP contribution in [-0.4, -0.2) is 51.4 Å². The van der Waals surface area contributed by atoms with Crippen LogP contribution in [0, 0.1) is 5.92 Å². The highest BCUT2D eigenvalue weighted by Gasteiger charge is 2.29. The molecule has 0 radical (unpaired) electrons. The smallest absolute Gasteiger partial charge is 0.243 e. The number of sulfonamides is 1. The Kier molecular flexibility index (Phi) is 6.36. The molecular formula is C23H28N2O5S. The molecule has 4 rings (SSSR count). The van der Waals surface area contributed by atoms with Gasteiger partial charge in [-0.05, 0) is 49.8 Å². The quantitative estimate of drug-likeness (QED) is 0.656. The van der Waals surface area contributed by atoms with Crippen LogP contribution >= 0.6 is 0 Å². The van der Waals surface area contributed by atoms with Gasteiger partial charge in [0.25, 0.3) is 0 Å². The van der Waals surface area contributed by atoms with E-state index in [4.69, 9.17) is 9.47 Å². The summed E-state index contributed by atoms with van der Waals surface area (Å²) in [4.78, 5) is 14.8. The largest absolute Gasteiger partial charge is 0.454 e. The van der Waals surface area contributed by atoms with Gasteiger partial charge in [0, 0.05) is 19.2 Å². The second kappa shape index (κ2) is 9.18. The van der Waals surface area contributed by atoms with Crippen LogP contribution in [0.5, 0.6) is 11.5 Å². The fraction of sp³-hybridized carbons (Fsp3) is 0.435. The van der Waals surface area contributed by atoms with Gasteiger partial charge in [0.1, 0.15) is 6.54 Å². The summed E-state index contributed by atoms with van der Waals surface area (Å²) in [5, 5.41) is 0. The summed E-state index contributed by atoms with van der Waals surface area (Å²) in [6.07, 6.45) is 2.85. The van der Waals surface area contributed by atoms with Gasteiger partial charge in [-0.25, -0.2) is 8.42 Å². The lowest BCUT2D eigenvalue weighted by Crippen LogP contribution is -2.46. The van der Waals surface area contributed by atoms with E-state index in [1.807, 2.05) is 18.2 Å². The molecule has 0 saturated carbocycles. The molecule has 1 saturated heterocycles. The van der Waals surface area contributed by atoms with E-state index < -0.39 is 10.0 Å². The van der Waals surface area contributed by atoms with Crippen molar-refractivity contribution in [2.24, 2.45) is 5.92 Å². The Hall–Kier alpha value is -2.74. The maximum absolute atomic E-state index is 13.0. The Morgan fingerprint density at radius 3 is 2.48 bits per heavy atom. The minimum Gasteiger partial charge on any atom is -0.454 e. The normalized spacial score (nSPS) is 16.4. The number of carbonyl (C=O) groups is 1.